The molecule has 0 radical (unpaired) electrons. The van der Waals surface area contributed by atoms with Gasteiger partial charge in [-0.05, 0) is 12.8 Å². The van der Waals surface area contributed by atoms with Gasteiger partial charge in [-0.3, -0.25) is 0 Å². The van der Waals surface area contributed by atoms with E-state index in [1.165, 1.54) is 29.8 Å². The number of hydrogen-bond donors (Lipinski definition) is 1. The third-order valence-corrected chi connectivity index (χ3v) is 4.96. The van der Waals surface area contributed by atoms with E-state index in [1.54, 1.807) is 11.3 Å². The first-order valence-electron chi connectivity index (χ1n) is 6.14. The molecular weight excluding hydrogens is 220 g/mol. The van der Waals surface area contributed by atoms with Crippen molar-refractivity contribution in [3.63, 3.8) is 0 Å². The second-order valence-electron chi connectivity index (χ2n) is 4.91. The van der Waals surface area contributed by atoms with Crippen LogP contribution in [0.3, 0.4) is 0 Å². The maximum Gasteiger partial charge on any atom is 0.113 e. The number of thiazole rings is 1. The van der Waals surface area contributed by atoms with Gasteiger partial charge in [0.2, 0.25) is 0 Å². The summed E-state index contributed by atoms with van der Waals surface area (Å²) >= 11 is 1.78. The third kappa shape index (κ3) is 1.79. The van der Waals surface area contributed by atoms with Gasteiger partial charge in [0.25, 0.3) is 0 Å². The van der Waals surface area contributed by atoms with Crippen LogP contribution in [0.4, 0.5) is 0 Å². The predicted octanol–water partition coefficient (Wildman–Crippen LogP) is 2.33. The Bertz CT molecular complexity index is 359. The molecule has 1 aromatic rings. The van der Waals surface area contributed by atoms with Gasteiger partial charge in [0.05, 0.1) is 29.3 Å². The number of nitrogens with two attached hydrogens (primary N) is 1. The second-order valence-corrected chi connectivity index (χ2v) is 5.99. The van der Waals surface area contributed by atoms with Crippen LogP contribution >= 0.6 is 11.3 Å². The molecule has 1 aliphatic heterocycles. The highest BCUT2D eigenvalue weighted by Crippen LogP contribution is 2.38. The zero-order chi connectivity index (χ0) is 11.0. The summed E-state index contributed by atoms with van der Waals surface area (Å²) in [6.45, 7) is 1.55. The SMILES string of the molecule is NC1(c2nc3c(s2)COCC3)CCCCC1. The minimum atomic E-state index is -0.139. The molecule has 0 bridgehead atoms. The molecule has 2 aliphatic rings. The molecule has 0 aromatic carbocycles. The van der Waals surface area contributed by atoms with Gasteiger partial charge in [-0.2, -0.15) is 0 Å². The molecule has 4 heteroatoms. The Labute approximate surface area is 100 Å². The lowest BCUT2D eigenvalue weighted by molar-refractivity contribution is 0.112. The molecule has 3 nitrogen and oxygen atoms in total. The monoisotopic (exact) mass is 238 g/mol. The Morgan fingerprint density at radius 2 is 2.06 bits per heavy atom. The molecule has 2 N–H and O–H groups in total. The molecule has 0 spiro atoms. The van der Waals surface area contributed by atoms with Crippen molar-refractivity contribution in [1.82, 2.24) is 4.98 Å². The first-order chi connectivity index (χ1) is 7.78. The fraction of sp³-hybridized carbons (Fsp3) is 0.750. The molecule has 2 heterocycles. The van der Waals surface area contributed by atoms with E-state index in [4.69, 9.17) is 15.5 Å². The van der Waals surface area contributed by atoms with Crippen molar-refractivity contribution in [2.45, 2.75) is 50.7 Å². The highest BCUT2D eigenvalue weighted by Gasteiger charge is 2.33. The van der Waals surface area contributed by atoms with Crippen LogP contribution in [0.25, 0.3) is 0 Å². The lowest BCUT2D eigenvalue weighted by Crippen LogP contribution is -2.38. The zero-order valence-corrected chi connectivity index (χ0v) is 10.3. The van der Waals surface area contributed by atoms with Crippen molar-refractivity contribution in [3.8, 4) is 0 Å². The highest BCUT2D eigenvalue weighted by molar-refractivity contribution is 7.11. The number of nitrogens with zero attached hydrogens (tertiary/aromatic N) is 1. The Kier molecular flexibility index (Phi) is 2.73. The maximum absolute atomic E-state index is 6.50. The summed E-state index contributed by atoms with van der Waals surface area (Å²) in [4.78, 5) is 6.06. The second kappa shape index (κ2) is 4.09. The molecule has 16 heavy (non-hydrogen) atoms. The molecule has 1 saturated carbocycles. The van der Waals surface area contributed by atoms with E-state index in [1.807, 2.05) is 0 Å². The summed E-state index contributed by atoms with van der Waals surface area (Å²) in [5.41, 5.74) is 7.60. The summed E-state index contributed by atoms with van der Waals surface area (Å²) in [7, 11) is 0. The van der Waals surface area contributed by atoms with Crippen molar-refractivity contribution in [2.24, 2.45) is 5.73 Å². The van der Waals surface area contributed by atoms with Crippen LogP contribution in [0, 0.1) is 0 Å². The summed E-state index contributed by atoms with van der Waals surface area (Å²) in [5.74, 6) is 0. The summed E-state index contributed by atoms with van der Waals surface area (Å²) in [5, 5.41) is 1.16. The molecule has 88 valence electrons. The van der Waals surface area contributed by atoms with Crippen LogP contribution in [0.1, 0.15) is 47.7 Å². The van der Waals surface area contributed by atoms with Gasteiger partial charge in [0, 0.05) is 6.42 Å². The van der Waals surface area contributed by atoms with Gasteiger partial charge in [0.1, 0.15) is 5.01 Å². The first-order valence-corrected chi connectivity index (χ1v) is 6.95. The van der Waals surface area contributed by atoms with E-state index in [0.717, 1.165) is 37.5 Å². The number of ether oxygens (including phenoxy) is 1. The average molecular weight is 238 g/mol. The Morgan fingerprint density at radius 3 is 2.81 bits per heavy atom. The van der Waals surface area contributed by atoms with Crippen LogP contribution in [0.2, 0.25) is 0 Å². The van der Waals surface area contributed by atoms with Crippen molar-refractivity contribution in [2.75, 3.05) is 6.61 Å². The molecule has 0 saturated heterocycles. The van der Waals surface area contributed by atoms with Crippen molar-refractivity contribution >= 4 is 11.3 Å². The van der Waals surface area contributed by atoms with E-state index in [9.17, 15) is 0 Å². The van der Waals surface area contributed by atoms with Crippen LogP contribution in [0.15, 0.2) is 0 Å². The van der Waals surface area contributed by atoms with Crippen molar-refractivity contribution in [1.29, 1.82) is 0 Å². The summed E-state index contributed by atoms with van der Waals surface area (Å²) in [6, 6.07) is 0. The highest BCUT2D eigenvalue weighted by atomic mass is 32.1. The lowest BCUT2D eigenvalue weighted by Gasteiger charge is -2.31. The molecule has 0 unspecified atom stereocenters. The Morgan fingerprint density at radius 1 is 1.25 bits per heavy atom. The number of aromatic nitrogens is 1. The largest absolute Gasteiger partial charge is 0.375 e. The van der Waals surface area contributed by atoms with Crippen LogP contribution in [-0.4, -0.2) is 11.6 Å². The fourth-order valence-electron chi connectivity index (χ4n) is 2.63. The molecule has 0 amide bonds. The zero-order valence-electron chi connectivity index (χ0n) is 9.50. The molecular formula is C12H18N2OS. The Balaban J connectivity index is 1.90. The maximum atomic E-state index is 6.50. The van der Waals surface area contributed by atoms with Gasteiger partial charge in [-0.15, -0.1) is 11.3 Å². The third-order valence-electron chi connectivity index (χ3n) is 3.67. The summed E-state index contributed by atoms with van der Waals surface area (Å²) in [6.07, 6.45) is 6.98. The van der Waals surface area contributed by atoms with Gasteiger partial charge < -0.3 is 10.5 Å². The fourth-order valence-corrected chi connectivity index (χ4v) is 3.84. The Hall–Kier alpha value is -0.450. The molecule has 1 fully saturated rings. The average Bonchev–Trinajstić information content (AvgIpc) is 2.74. The van der Waals surface area contributed by atoms with Gasteiger partial charge >= 0.3 is 0 Å². The number of hydrogen-bond acceptors (Lipinski definition) is 4. The topological polar surface area (TPSA) is 48.1 Å². The quantitative estimate of drug-likeness (QED) is 0.817. The van der Waals surface area contributed by atoms with Crippen LogP contribution in [0.5, 0.6) is 0 Å². The molecule has 1 aliphatic carbocycles. The number of rotatable bonds is 1. The van der Waals surface area contributed by atoms with E-state index < -0.39 is 0 Å². The molecule has 1 aromatic heterocycles. The standard InChI is InChI=1S/C12H18N2OS/c13-12(5-2-1-3-6-12)11-14-9-4-7-15-8-10(9)16-11/h1-8,13H2. The summed E-state index contributed by atoms with van der Waals surface area (Å²) < 4.78 is 5.46. The van der Waals surface area contributed by atoms with E-state index in [2.05, 4.69) is 0 Å². The minimum absolute atomic E-state index is 0.139. The minimum Gasteiger partial charge on any atom is -0.375 e. The predicted molar refractivity (Wildman–Crippen MR) is 64.4 cm³/mol. The van der Waals surface area contributed by atoms with Gasteiger partial charge in [0.15, 0.2) is 0 Å². The lowest BCUT2D eigenvalue weighted by atomic mass is 9.83. The van der Waals surface area contributed by atoms with E-state index in [0.29, 0.717) is 0 Å². The van der Waals surface area contributed by atoms with Crippen LogP contribution < -0.4 is 5.73 Å². The van der Waals surface area contributed by atoms with Crippen molar-refractivity contribution < 1.29 is 4.74 Å². The molecule has 3 rings (SSSR count). The first kappa shape index (κ1) is 10.7. The van der Waals surface area contributed by atoms with Gasteiger partial charge in [-0.1, -0.05) is 19.3 Å². The number of fused-ring (bicyclic) bond motifs is 1. The molecule has 0 atom stereocenters. The van der Waals surface area contributed by atoms with Crippen molar-refractivity contribution in [3.05, 3.63) is 15.6 Å². The van der Waals surface area contributed by atoms with E-state index in [-0.39, 0.29) is 5.54 Å². The normalized spacial score (nSPS) is 24.1. The van der Waals surface area contributed by atoms with Gasteiger partial charge in [-0.25, -0.2) is 4.98 Å². The van der Waals surface area contributed by atoms with Crippen LogP contribution in [-0.2, 0) is 23.3 Å². The van der Waals surface area contributed by atoms with E-state index >= 15 is 0 Å². The smallest absolute Gasteiger partial charge is 0.113 e.